The number of rotatable bonds is 3. The summed E-state index contributed by atoms with van der Waals surface area (Å²) in [5.74, 6) is 7.53. The lowest BCUT2D eigenvalue weighted by molar-refractivity contribution is 0.361. The van der Waals surface area contributed by atoms with E-state index in [0.717, 1.165) is 17.4 Å². The fraction of sp³-hybridized carbons (Fsp3) is 0.667. The second-order valence-corrected chi connectivity index (χ2v) is 4.96. The van der Waals surface area contributed by atoms with E-state index >= 15 is 0 Å². The van der Waals surface area contributed by atoms with Gasteiger partial charge < -0.3 is 5.32 Å². The van der Waals surface area contributed by atoms with Crippen LogP contribution in [0.25, 0.3) is 0 Å². The Morgan fingerprint density at radius 1 is 1.24 bits per heavy atom. The molecule has 5 heteroatoms. The zero-order valence-electron chi connectivity index (χ0n) is 10.5. The predicted molar refractivity (Wildman–Crippen MR) is 69.6 cm³/mol. The SMILES string of the molecule is Cc1cc(NC2CCC(C)CC2)nc(NN)n1. The lowest BCUT2D eigenvalue weighted by Crippen LogP contribution is -2.26. The molecule has 1 aliphatic carbocycles. The average Bonchev–Trinajstić information content (AvgIpc) is 2.31. The largest absolute Gasteiger partial charge is 0.367 e. The molecule has 0 unspecified atom stereocenters. The van der Waals surface area contributed by atoms with Crippen LogP contribution in [0, 0.1) is 12.8 Å². The minimum atomic E-state index is 0.469. The van der Waals surface area contributed by atoms with E-state index in [1.807, 2.05) is 13.0 Å². The van der Waals surface area contributed by atoms with E-state index in [1.54, 1.807) is 0 Å². The van der Waals surface area contributed by atoms with Crippen LogP contribution in [0.3, 0.4) is 0 Å². The van der Waals surface area contributed by atoms with Crippen LogP contribution in [0.4, 0.5) is 11.8 Å². The minimum Gasteiger partial charge on any atom is -0.367 e. The molecule has 0 aliphatic heterocycles. The van der Waals surface area contributed by atoms with Crippen LogP contribution in [-0.4, -0.2) is 16.0 Å². The van der Waals surface area contributed by atoms with Gasteiger partial charge in [0, 0.05) is 17.8 Å². The van der Waals surface area contributed by atoms with Gasteiger partial charge in [-0.05, 0) is 38.5 Å². The number of anilines is 2. The highest BCUT2D eigenvalue weighted by Crippen LogP contribution is 2.25. The first-order valence-electron chi connectivity index (χ1n) is 6.26. The number of nitrogens with one attached hydrogen (secondary N) is 2. The van der Waals surface area contributed by atoms with Crippen LogP contribution in [0.5, 0.6) is 0 Å². The monoisotopic (exact) mass is 235 g/mol. The van der Waals surface area contributed by atoms with E-state index in [1.165, 1.54) is 25.7 Å². The quantitative estimate of drug-likeness (QED) is 0.552. The van der Waals surface area contributed by atoms with E-state index in [0.29, 0.717) is 12.0 Å². The number of nitrogens with zero attached hydrogens (tertiary/aromatic N) is 2. The van der Waals surface area contributed by atoms with Gasteiger partial charge in [0.15, 0.2) is 0 Å². The second kappa shape index (κ2) is 5.31. The Morgan fingerprint density at radius 2 is 1.94 bits per heavy atom. The maximum absolute atomic E-state index is 5.34. The summed E-state index contributed by atoms with van der Waals surface area (Å²) in [5.41, 5.74) is 3.41. The highest BCUT2D eigenvalue weighted by molar-refractivity contribution is 5.42. The first kappa shape index (κ1) is 12.1. The van der Waals surface area contributed by atoms with Crippen LogP contribution < -0.4 is 16.6 Å². The van der Waals surface area contributed by atoms with Gasteiger partial charge in [-0.1, -0.05) is 6.92 Å². The summed E-state index contributed by atoms with van der Waals surface area (Å²) in [4.78, 5) is 8.48. The number of hydrogen-bond donors (Lipinski definition) is 3. The molecule has 17 heavy (non-hydrogen) atoms. The van der Waals surface area contributed by atoms with E-state index in [9.17, 15) is 0 Å². The van der Waals surface area contributed by atoms with E-state index in [-0.39, 0.29) is 0 Å². The maximum atomic E-state index is 5.34. The normalized spacial score (nSPS) is 24.4. The van der Waals surface area contributed by atoms with Crippen LogP contribution in [0.2, 0.25) is 0 Å². The zero-order chi connectivity index (χ0) is 12.3. The molecule has 0 bridgehead atoms. The van der Waals surface area contributed by atoms with Gasteiger partial charge in [0.1, 0.15) is 5.82 Å². The average molecular weight is 235 g/mol. The van der Waals surface area contributed by atoms with Gasteiger partial charge in [-0.25, -0.2) is 10.8 Å². The number of nitrogens with two attached hydrogens (primary N) is 1. The maximum Gasteiger partial charge on any atom is 0.239 e. The van der Waals surface area contributed by atoms with E-state index in [2.05, 4.69) is 27.6 Å². The fourth-order valence-electron chi connectivity index (χ4n) is 2.32. The Hall–Kier alpha value is -1.36. The molecular formula is C12H21N5. The van der Waals surface area contributed by atoms with Gasteiger partial charge >= 0.3 is 0 Å². The van der Waals surface area contributed by atoms with Crippen molar-refractivity contribution in [3.05, 3.63) is 11.8 Å². The van der Waals surface area contributed by atoms with Crippen LogP contribution in [0.15, 0.2) is 6.07 Å². The van der Waals surface area contributed by atoms with Crippen molar-refractivity contribution in [2.24, 2.45) is 11.8 Å². The third-order valence-corrected chi connectivity index (χ3v) is 3.35. The van der Waals surface area contributed by atoms with Gasteiger partial charge in [0.25, 0.3) is 0 Å². The summed E-state index contributed by atoms with van der Waals surface area (Å²) >= 11 is 0. The third kappa shape index (κ3) is 3.30. The van der Waals surface area contributed by atoms with Crippen molar-refractivity contribution in [2.75, 3.05) is 10.7 Å². The van der Waals surface area contributed by atoms with E-state index < -0.39 is 0 Å². The molecule has 0 atom stereocenters. The Kier molecular flexibility index (Phi) is 3.78. The van der Waals surface area contributed by atoms with E-state index in [4.69, 9.17) is 5.84 Å². The minimum absolute atomic E-state index is 0.469. The Bertz CT molecular complexity index is 371. The Balaban J connectivity index is 2.00. The van der Waals surface area contributed by atoms with Gasteiger partial charge in [-0.3, -0.25) is 5.43 Å². The summed E-state index contributed by atoms with van der Waals surface area (Å²) in [5, 5.41) is 3.47. The zero-order valence-corrected chi connectivity index (χ0v) is 10.5. The van der Waals surface area contributed by atoms with Crippen molar-refractivity contribution in [1.82, 2.24) is 9.97 Å². The summed E-state index contributed by atoms with van der Waals surface area (Å²) in [6, 6.07) is 2.49. The molecule has 0 aromatic carbocycles. The molecule has 1 fully saturated rings. The number of aryl methyl sites for hydroxylation is 1. The first-order chi connectivity index (χ1) is 8.17. The van der Waals surface area contributed by atoms with Crippen LogP contribution in [0.1, 0.15) is 38.3 Å². The summed E-state index contributed by atoms with van der Waals surface area (Å²) in [7, 11) is 0. The molecule has 0 amide bonds. The van der Waals surface area contributed by atoms with Crippen LogP contribution in [-0.2, 0) is 0 Å². The Morgan fingerprint density at radius 3 is 2.59 bits per heavy atom. The molecule has 2 rings (SSSR count). The van der Waals surface area contributed by atoms with Crippen LogP contribution >= 0.6 is 0 Å². The standard InChI is InChI=1S/C12H21N5/c1-8-3-5-10(6-4-8)15-11-7-9(2)14-12(16-11)17-13/h7-8,10H,3-6,13H2,1-2H3,(H2,14,15,16,17). The molecule has 1 aromatic rings. The van der Waals surface area contributed by atoms with Crippen molar-refractivity contribution in [3.8, 4) is 0 Å². The lowest BCUT2D eigenvalue weighted by atomic mass is 9.87. The molecule has 1 saturated carbocycles. The highest BCUT2D eigenvalue weighted by atomic mass is 15.3. The summed E-state index contributed by atoms with van der Waals surface area (Å²) < 4.78 is 0. The smallest absolute Gasteiger partial charge is 0.239 e. The molecule has 1 aromatic heterocycles. The lowest BCUT2D eigenvalue weighted by Gasteiger charge is -2.27. The van der Waals surface area contributed by atoms with Crippen molar-refractivity contribution in [3.63, 3.8) is 0 Å². The van der Waals surface area contributed by atoms with Gasteiger partial charge in [0.2, 0.25) is 5.95 Å². The topological polar surface area (TPSA) is 75.9 Å². The molecule has 94 valence electrons. The molecule has 1 heterocycles. The Labute approximate surface area is 102 Å². The van der Waals surface area contributed by atoms with Crippen molar-refractivity contribution < 1.29 is 0 Å². The molecule has 0 radical (unpaired) electrons. The summed E-state index contributed by atoms with van der Waals surface area (Å²) in [6.07, 6.45) is 5.03. The molecule has 5 nitrogen and oxygen atoms in total. The number of aromatic nitrogens is 2. The van der Waals surface area contributed by atoms with Crippen molar-refractivity contribution >= 4 is 11.8 Å². The van der Waals surface area contributed by atoms with Gasteiger partial charge in [0.05, 0.1) is 0 Å². The summed E-state index contributed by atoms with van der Waals surface area (Å²) in [6.45, 7) is 4.26. The number of hydrazine groups is 1. The molecule has 1 aliphatic rings. The number of nitrogen functional groups attached to an aromatic ring is 1. The molecule has 0 saturated heterocycles. The third-order valence-electron chi connectivity index (χ3n) is 3.35. The van der Waals surface area contributed by atoms with Crippen molar-refractivity contribution in [1.29, 1.82) is 0 Å². The molecular weight excluding hydrogens is 214 g/mol. The van der Waals surface area contributed by atoms with Gasteiger partial charge in [-0.2, -0.15) is 4.98 Å². The number of hydrogen-bond acceptors (Lipinski definition) is 5. The molecule has 4 N–H and O–H groups in total. The predicted octanol–water partition coefficient (Wildman–Crippen LogP) is 2.06. The van der Waals surface area contributed by atoms with Crippen molar-refractivity contribution in [2.45, 2.75) is 45.6 Å². The fourth-order valence-corrected chi connectivity index (χ4v) is 2.32. The van der Waals surface area contributed by atoms with Gasteiger partial charge in [-0.15, -0.1) is 0 Å². The molecule has 0 spiro atoms. The highest BCUT2D eigenvalue weighted by Gasteiger charge is 2.18. The first-order valence-corrected chi connectivity index (χ1v) is 6.26. The second-order valence-electron chi connectivity index (χ2n) is 4.96.